The molecule has 0 spiro atoms. The van der Waals surface area contributed by atoms with Crippen LogP contribution in [-0.4, -0.2) is 43.5 Å². The van der Waals surface area contributed by atoms with Crippen molar-refractivity contribution < 1.29 is 9.47 Å². The SMILES string of the molecule is COc1ccc(Nc2cnnc(Nc3ccc(N(C)C)cc3)n2)cc1OC. The average Bonchev–Trinajstić information content (AvgIpc) is 2.68. The van der Waals surface area contributed by atoms with Crippen molar-refractivity contribution in [1.29, 1.82) is 0 Å². The third-order valence-electron chi connectivity index (χ3n) is 3.85. The zero-order valence-electron chi connectivity index (χ0n) is 15.7. The minimum Gasteiger partial charge on any atom is -0.493 e. The summed E-state index contributed by atoms with van der Waals surface area (Å²) < 4.78 is 10.6. The Morgan fingerprint density at radius 3 is 2.22 bits per heavy atom. The first-order valence-electron chi connectivity index (χ1n) is 8.32. The van der Waals surface area contributed by atoms with Gasteiger partial charge in [-0.2, -0.15) is 10.1 Å². The molecule has 0 atom stereocenters. The molecule has 0 saturated heterocycles. The van der Waals surface area contributed by atoms with E-state index in [4.69, 9.17) is 9.47 Å². The molecule has 1 aromatic heterocycles. The minimum absolute atomic E-state index is 0.401. The van der Waals surface area contributed by atoms with Crippen molar-refractivity contribution in [3.05, 3.63) is 48.7 Å². The van der Waals surface area contributed by atoms with E-state index in [-0.39, 0.29) is 0 Å². The number of ether oxygens (including phenoxy) is 2. The Hall–Kier alpha value is -3.55. The van der Waals surface area contributed by atoms with E-state index in [9.17, 15) is 0 Å². The van der Waals surface area contributed by atoms with Crippen LogP contribution < -0.4 is 25.0 Å². The van der Waals surface area contributed by atoms with E-state index in [0.29, 0.717) is 23.3 Å². The first-order valence-corrected chi connectivity index (χ1v) is 8.32. The van der Waals surface area contributed by atoms with Crippen LogP contribution in [0.15, 0.2) is 48.7 Å². The summed E-state index contributed by atoms with van der Waals surface area (Å²) in [5.41, 5.74) is 2.79. The summed E-state index contributed by atoms with van der Waals surface area (Å²) in [7, 11) is 7.19. The maximum absolute atomic E-state index is 5.31. The highest BCUT2D eigenvalue weighted by Crippen LogP contribution is 2.30. The van der Waals surface area contributed by atoms with Gasteiger partial charge in [-0.3, -0.25) is 0 Å². The molecule has 2 N–H and O–H groups in total. The fourth-order valence-electron chi connectivity index (χ4n) is 2.45. The molecular weight excluding hydrogens is 344 g/mol. The number of benzene rings is 2. The van der Waals surface area contributed by atoms with Crippen LogP contribution in [0.2, 0.25) is 0 Å². The summed E-state index contributed by atoms with van der Waals surface area (Å²) in [6, 6.07) is 13.5. The Kier molecular flexibility index (Phi) is 5.55. The zero-order chi connectivity index (χ0) is 19.2. The van der Waals surface area contributed by atoms with E-state index in [1.54, 1.807) is 20.4 Å². The second-order valence-corrected chi connectivity index (χ2v) is 5.93. The van der Waals surface area contributed by atoms with E-state index in [1.807, 2.05) is 61.5 Å². The Balaban J connectivity index is 1.73. The lowest BCUT2D eigenvalue weighted by molar-refractivity contribution is 0.355. The first-order chi connectivity index (χ1) is 13.1. The maximum atomic E-state index is 5.31. The monoisotopic (exact) mass is 366 g/mol. The number of hydrogen-bond donors (Lipinski definition) is 2. The summed E-state index contributed by atoms with van der Waals surface area (Å²) in [4.78, 5) is 6.48. The number of hydrogen-bond acceptors (Lipinski definition) is 8. The summed E-state index contributed by atoms with van der Waals surface area (Å²) in [6.45, 7) is 0. The van der Waals surface area contributed by atoms with Crippen LogP contribution in [-0.2, 0) is 0 Å². The Labute approximate surface area is 158 Å². The van der Waals surface area contributed by atoms with Gasteiger partial charge in [0.05, 0.1) is 20.4 Å². The van der Waals surface area contributed by atoms with Gasteiger partial charge in [-0.15, -0.1) is 5.10 Å². The van der Waals surface area contributed by atoms with Crippen molar-refractivity contribution in [2.75, 3.05) is 43.8 Å². The van der Waals surface area contributed by atoms with Gasteiger partial charge in [-0.1, -0.05) is 0 Å². The molecule has 3 aromatic rings. The first kappa shape index (κ1) is 18.2. The molecule has 0 amide bonds. The minimum atomic E-state index is 0.401. The van der Waals surface area contributed by atoms with Crippen LogP contribution in [0.3, 0.4) is 0 Å². The van der Waals surface area contributed by atoms with Crippen LogP contribution in [0.5, 0.6) is 11.5 Å². The molecule has 2 aromatic carbocycles. The van der Waals surface area contributed by atoms with Gasteiger partial charge < -0.3 is 25.0 Å². The number of nitrogens with one attached hydrogen (secondary N) is 2. The van der Waals surface area contributed by atoms with Crippen LogP contribution >= 0.6 is 0 Å². The summed E-state index contributed by atoms with van der Waals surface area (Å²) in [5.74, 6) is 2.25. The van der Waals surface area contributed by atoms with Gasteiger partial charge in [0.1, 0.15) is 0 Å². The lowest BCUT2D eigenvalue weighted by atomic mass is 10.2. The van der Waals surface area contributed by atoms with E-state index < -0.39 is 0 Å². The molecule has 3 rings (SSSR count). The predicted octanol–water partition coefficient (Wildman–Crippen LogP) is 3.44. The van der Waals surface area contributed by atoms with Crippen molar-refractivity contribution in [3.63, 3.8) is 0 Å². The molecule has 0 aliphatic heterocycles. The number of anilines is 5. The van der Waals surface area contributed by atoms with Gasteiger partial charge in [-0.25, -0.2) is 0 Å². The molecule has 0 unspecified atom stereocenters. The number of rotatable bonds is 7. The lowest BCUT2D eigenvalue weighted by Gasteiger charge is -2.13. The highest BCUT2D eigenvalue weighted by atomic mass is 16.5. The van der Waals surface area contributed by atoms with Crippen LogP contribution in [0.4, 0.5) is 28.8 Å². The molecule has 8 heteroatoms. The largest absolute Gasteiger partial charge is 0.493 e. The molecule has 8 nitrogen and oxygen atoms in total. The number of methoxy groups -OCH3 is 2. The third kappa shape index (κ3) is 4.55. The van der Waals surface area contributed by atoms with Crippen molar-refractivity contribution in [3.8, 4) is 11.5 Å². The molecular formula is C19H22N6O2. The molecule has 0 fully saturated rings. The summed E-state index contributed by atoms with van der Waals surface area (Å²) in [6.07, 6.45) is 1.55. The van der Waals surface area contributed by atoms with Gasteiger partial charge in [-0.05, 0) is 36.4 Å². The molecule has 0 saturated carbocycles. The van der Waals surface area contributed by atoms with E-state index in [1.165, 1.54) is 0 Å². The lowest BCUT2D eigenvalue weighted by Crippen LogP contribution is -2.08. The second-order valence-electron chi connectivity index (χ2n) is 5.93. The fraction of sp³-hybridized carbons (Fsp3) is 0.211. The number of aromatic nitrogens is 3. The highest BCUT2D eigenvalue weighted by Gasteiger charge is 2.07. The Morgan fingerprint density at radius 1 is 0.852 bits per heavy atom. The van der Waals surface area contributed by atoms with E-state index >= 15 is 0 Å². The van der Waals surface area contributed by atoms with Crippen LogP contribution in [0.25, 0.3) is 0 Å². The average molecular weight is 366 g/mol. The normalized spacial score (nSPS) is 10.2. The summed E-state index contributed by atoms with van der Waals surface area (Å²) in [5, 5.41) is 14.4. The molecule has 0 radical (unpaired) electrons. The summed E-state index contributed by atoms with van der Waals surface area (Å²) >= 11 is 0. The smallest absolute Gasteiger partial charge is 0.249 e. The van der Waals surface area contributed by atoms with Crippen molar-refractivity contribution >= 4 is 28.8 Å². The molecule has 0 bridgehead atoms. The van der Waals surface area contributed by atoms with Gasteiger partial charge in [0, 0.05) is 37.2 Å². The Morgan fingerprint density at radius 2 is 1.56 bits per heavy atom. The quantitative estimate of drug-likeness (QED) is 0.658. The molecule has 0 aliphatic carbocycles. The molecule has 0 aliphatic rings. The van der Waals surface area contributed by atoms with Crippen molar-refractivity contribution in [1.82, 2.24) is 15.2 Å². The van der Waals surface area contributed by atoms with E-state index in [0.717, 1.165) is 17.1 Å². The molecule has 1 heterocycles. The van der Waals surface area contributed by atoms with Gasteiger partial charge >= 0.3 is 0 Å². The van der Waals surface area contributed by atoms with Crippen molar-refractivity contribution in [2.45, 2.75) is 0 Å². The predicted molar refractivity (Wildman–Crippen MR) is 107 cm³/mol. The zero-order valence-corrected chi connectivity index (χ0v) is 15.7. The van der Waals surface area contributed by atoms with Crippen LogP contribution in [0.1, 0.15) is 0 Å². The maximum Gasteiger partial charge on any atom is 0.249 e. The Bertz CT molecular complexity index is 899. The van der Waals surface area contributed by atoms with Crippen molar-refractivity contribution in [2.24, 2.45) is 0 Å². The molecule has 27 heavy (non-hydrogen) atoms. The van der Waals surface area contributed by atoms with Gasteiger partial charge in [0.2, 0.25) is 5.95 Å². The van der Waals surface area contributed by atoms with Gasteiger partial charge in [0.15, 0.2) is 17.3 Å². The topological polar surface area (TPSA) is 84.4 Å². The second kappa shape index (κ2) is 8.22. The van der Waals surface area contributed by atoms with Crippen LogP contribution in [0, 0.1) is 0 Å². The highest BCUT2D eigenvalue weighted by molar-refractivity contribution is 5.63. The van der Waals surface area contributed by atoms with E-state index in [2.05, 4.69) is 25.8 Å². The fourth-order valence-corrected chi connectivity index (χ4v) is 2.45. The third-order valence-corrected chi connectivity index (χ3v) is 3.85. The van der Waals surface area contributed by atoms with Gasteiger partial charge in [0.25, 0.3) is 0 Å². The molecule has 140 valence electrons. The number of nitrogens with zero attached hydrogens (tertiary/aromatic N) is 4. The standard InChI is InChI=1S/C19H22N6O2/c1-25(2)15-8-5-13(6-9-15)22-19-23-18(12-20-24-19)21-14-7-10-16(26-3)17(11-14)27-4/h5-12H,1-4H3,(H2,21,22,23,24).